The smallest absolute Gasteiger partial charge is 0.478 e. The molecular weight excluding hydrogens is 292 g/mol. The third-order valence-corrected chi connectivity index (χ3v) is 3.43. The Balaban J connectivity index is 2.04. The van der Waals surface area contributed by atoms with Crippen LogP contribution in [0.4, 0.5) is 10.5 Å². The predicted molar refractivity (Wildman–Crippen MR) is 73.7 cm³/mol. The van der Waals surface area contributed by atoms with Crippen LogP contribution in [-0.2, 0) is 20.7 Å². The second-order valence-corrected chi connectivity index (χ2v) is 4.77. The van der Waals surface area contributed by atoms with Crippen molar-refractivity contribution in [3.8, 4) is 0 Å². The summed E-state index contributed by atoms with van der Waals surface area (Å²) in [7, 11) is 0. The Labute approximate surface area is 123 Å². The number of hydrogen-bond acceptors (Lipinski definition) is 6. The van der Waals surface area contributed by atoms with Gasteiger partial charge < -0.3 is 14.9 Å². The first-order chi connectivity index (χ1) is 10.5. The SMILES string of the molecule is O=C(O)OC(=O)C1C=NN2C=C(C(=O)O)Cc3cccc1c32. The number of nitrogens with zero attached hydrogens (tertiary/aromatic N) is 2. The number of carbonyl (C=O) groups excluding carboxylic acids is 1. The summed E-state index contributed by atoms with van der Waals surface area (Å²) in [6.45, 7) is 0. The quantitative estimate of drug-likeness (QED) is 0.625. The maximum Gasteiger partial charge on any atom is 0.513 e. The Morgan fingerprint density at radius 3 is 2.73 bits per heavy atom. The predicted octanol–water partition coefficient (Wildman–Crippen LogP) is 1.32. The zero-order chi connectivity index (χ0) is 15.9. The molecule has 2 aliphatic heterocycles. The Kier molecular flexibility index (Phi) is 3.13. The third kappa shape index (κ3) is 2.20. The molecule has 0 bridgehead atoms. The van der Waals surface area contributed by atoms with Crippen molar-refractivity contribution in [1.29, 1.82) is 0 Å². The van der Waals surface area contributed by atoms with Crippen LogP contribution in [0.2, 0.25) is 0 Å². The van der Waals surface area contributed by atoms with Crippen molar-refractivity contribution in [3.05, 3.63) is 41.1 Å². The van der Waals surface area contributed by atoms with Crippen LogP contribution in [0, 0.1) is 0 Å². The molecule has 2 N–H and O–H groups in total. The third-order valence-electron chi connectivity index (χ3n) is 3.43. The minimum atomic E-state index is -1.68. The molecule has 1 atom stereocenters. The van der Waals surface area contributed by atoms with Gasteiger partial charge in [-0.05, 0) is 11.1 Å². The molecule has 8 nitrogen and oxygen atoms in total. The monoisotopic (exact) mass is 302 g/mol. The summed E-state index contributed by atoms with van der Waals surface area (Å²) in [5.41, 5.74) is 1.98. The second kappa shape index (κ2) is 4.99. The highest BCUT2D eigenvalue weighted by Gasteiger charge is 2.33. The molecule has 0 aromatic heterocycles. The summed E-state index contributed by atoms with van der Waals surface area (Å²) in [5.74, 6) is -2.93. The molecule has 8 heteroatoms. The van der Waals surface area contributed by atoms with Crippen molar-refractivity contribution in [2.24, 2.45) is 5.10 Å². The summed E-state index contributed by atoms with van der Waals surface area (Å²) in [6.07, 6.45) is 1.13. The molecule has 0 spiro atoms. The van der Waals surface area contributed by atoms with E-state index in [9.17, 15) is 14.4 Å². The van der Waals surface area contributed by atoms with Crippen LogP contribution in [0.3, 0.4) is 0 Å². The van der Waals surface area contributed by atoms with Crippen LogP contribution in [0.1, 0.15) is 17.0 Å². The number of carbonyl (C=O) groups is 3. The van der Waals surface area contributed by atoms with Gasteiger partial charge in [0, 0.05) is 18.8 Å². The number of aliphatic carboxylic acids is 1. The van der Waals surface area contributed by atoms with Gasteiger partial charge in [-0.15, -0.1) is 0 Å². The number of hydrogen-bond donors (Lipinski definition) is 2. The Bertz CT molecular complexity index is 752. The Morgan fingerprint density at radius 1 is 1.27 bits per heavy atom. The number of benzene rings is 1. The fourth-order valence-electron chi connectivity index (χ4n) is 2.53. The van der Waals surface area contributed by atoms with Gasteiger partial charge in [0.25, 0.3) is 0 Å². The minimum absolute atomic E-state index is 0.174. The zero-order valence-electron chi connectivity index (χ0n) is 11.1. The molecular formula is C14H10N2O6. The lowest BCUT2D eigenvalue weighted by atomic mass is 9.90. The zero-order valence-corrected chi connectivity index (χ0v) is 11.1. The lowest BCUT2D eigenvalue weighted by Crippen LogP contribution is -2.30. The lowest BCUT2D eigenvalue weighted by molar-refractivity contribution is -0.139. The summed E-state index contributed by atoms with van der Waals surface area (Å²) in [4.78, 5) is 33.5. The summed E-state index contributed by atoms with van der Waals surface area (Å²) in [6, 6.07) is 5.07. The van der Waals surface area contributed by atoms with Gasteiger partial charge in [0.2, 0.25) is 0 Å². The van der Waals surface area contributed by atoms with Gasteiger partial charge in [-0.2, -0.15) is 5.10 Å². The molecule has 2 heterocycles. The van der Waals surface area contributed by atoms with Gasteiger partial charge in [-0.1, -0.05) is 18.2 Å². The van der Waals surface area contributed by atoms with Crippen LogP contribution >= 0.6 is 0 Å². The molecule has 2 aliphatic rings. The van der Waals surface area contributed by atoms with Crippen LogP contribution < -0.4 is 5.01 Å². The van der Waals surface area contributed by atoms with E-state index in [0.717, 1.165) is 0 Å². The van der Waals surface area contributed by atoms with E-state index in [0.29, 0.717) is 16.8 Å². The van der Waals surface area contributed by atoms with E-state index < -0.39 is 24.0 Å². The molecule has 0 radical (unpaired) electrons. The van der Waals surface area contributed by atoms with Crippen LogP contribution in [0.5, 0.6) is 0 Å². The van der Waals surface area contributed by atoms with E-state index >= 15 is 0 Å². The maximum absolute atomic E-state index is 11.8. The average Bonchev–Trinajstić information content (AvgIpc) is 2.46. The number of rotatable bonds is 2. The van der Waals surface area contributed by atoms with Gasteiger partial charge >= 0.3 is 18.1 Å². The number of ether oxygens (including phenoxy) is 1. The van der Waals surface area contributed by atoms with Gasteiger partial charge in [0.15, 0.2) is 0 Å². The molecule has 22 heavy (non-hydrogen) atoms. The molecule has 0 saturated heterocycles. The first-order valence-corrected chi connectivity index (χ1v) is 6.31. The normalized spacial score (nSPS) is 18.3. The van der Waals surface area contributed by atoms with Gasteiger partial charge in [-0.25, -0.2) is 14.6 Å². The highest BCUT2D eigenvalue weighted by molar-refractivity contribution is 6.03. The van der Waals surface area contributed by atoms with Crippen LogP contribution in [0.25, 0.3) is 0 Å². The first-order valence-electron chi connectivity index (χ1n) is 6.31. The van der Waals surface area contributed by atoms with Gasteiger partial charge in [0.1, 0.15) is 5.92 Å². The molecule has 112 valence electrons. The maximum atomic E-state index is 11.8. The van der Waals surface area contributed by atoms with Crippen molar-refractivity contribution >= 4 is 30.0 Å². The minimum Gasteiger partial charge on any atom is -0.478 e. The highest BCUT2D eigenvalue weighted by atomic mass is 16.7. The molecule has 0 aliphatic carbocycles. The molecule has 0 amide bonds. The number of para-hydroxylation sites is 1. The van der Waals surface area contributed by atoms with E-state index in [1.165, 1.54) is 17.4 Å². The fraction of sp³-hybridized carbons (Fsp3) is 0.143. The number of carboxylic acid groups (broad SMARTS) is 2. The van der Waals surface area contributed by atoms with Crippen molar-refractivity contribution in [3.63, 3.8) is 0 Å². The molecule has 1 aromatic rings. The summed E-state index contributed by atoms with van der Waals surface area (Å²) in [5, 5.41) is 23.1. The van der Waals surface area contributed by atoms with Crippen LogP contribution in [0.15, 0.2) is 35.1 Å². The van der Waals surface area contributed by atoms with Gasteiger partial charge in [-0.3, -0.25) is 4.79 Å². The standard InChI is InChI=1S/C14H10N2O6/c17-12(18)8-4-7-2-1-3-9-10(13(19)22-14(20)21)5-15-16(6-8)11(7)9/h1-3,5-6,10H,4H2,(H,17,18)(H,20,21). The van der Waals surface area contributed by atoms with Crippen molar-refractivity contribution in [2.45, 2.75) is 12.3 Å². The number of anilines is 1. The average molecular weight is 302 g/mol. The molecule has 3 rings (SSSR count). The molecule has 1 aromatic carbocycles. The van der Waals surface area contributed by atoms with E-state index in [4.69, 9.17) is 10.2 Å². The number of esters is 1. The van der Waals surface area contributed by atoms with E-state index in [1.54, 1.807) is 18.2 Å². The van der Waals surface area contributed by atoms with E-state index in [-0.39, 0.29) is 12.0 Å². The largest absolute Gasteiger partial charge is 0.513 e. The molecule has 0 fully saturated rings. The molecule has 1 unspecified atom stereocenters. The van der Waals surface area contributed by atoms with Gasteiger partial charge in [0.05, 0.1) is 11.3 Å². The Hall–Kier alpha value is -3.16. The number of carboxylic acids is 1. The van der Waals surface area contributed by atoms with Crippen molar-refractivity contribution < 1.29 is 29.3 Å². The van der Waals surface area contributed by atoms with Crippen molar-refractivity contribution in [2.75, 3.05) is 5.01 Å². The van der Waals surface area contributed by atoms with Crippen LogP contribution in [-0.4, -0.2) is 34.5 Å². The van der Waals surface area contributed by atoms with Crippen molar-refractivity contribution in [1.82, 2.24) is 0 Å². The van der Waals surface area contributed by atoms with E-state index in [1.807, 2.05) is 0 Å². The first kappa shape index (κ1) is 13.8. The summed E-state index contributed by atoms with van der Waals surface area (Å²) < 4.78 is 4.19. The lowest BCUT2D eigenvalue weighted by Gasteiger charge is -2.31. The van der Waals surface area contributed by atoms with E-state index in [2.05, 4.69) is 9.84 Å². The molecule has 0 saturated carbocycles. The fourth-order valence-corrected chi connectivity index (χ4v) is 2.53. The summed E-state index contributed by atoms with van der Waals surface area (Å²) >= 11 is 0. The second-order valence-electron chi connectivity index (χ2n) is 4.77. The topological polar surface area (TPSA) is 117 Å². The highest BCUT2D eigenvalue weighted by Crippen LogP contribution is 2.39. The Morgan fingerprint density at radius 2 is 2.05 bits per heavy atom. The number of hydrazone groups is 1.